The smallest absolute Gasteiger partial charge is 0.310 e. The maximum Gasteiger partial charge on any atom is 0.310 e. The first-order valence-corrected chi connectivity index (χ1v) is 3.75. The van der Waals surface area contributed by atoms with Gasteiger partial charge in [0.05, 0.1) is 25.0 Å². The molecule has 0 aromatic heterocycles. The van der Waals surface area contributed by atoms with Gasteiger partial charge >= 0.3 is 5.97 Å². The SMILES string of the molecule is CCOC(=O)CC(=CC(=O)[O-])C(=O)[O-]. The zero-order chi connectivity index (χ0) is 11.1. The zero-order valence-corrected chi connectivity index (χ0v) is 7.44. The van der Waals surface area contributed by atoms with Crippen LogP contribution in [0.2, 0.25) is 0 Å². The van der Waals surface area contributed by atoms with Crippen molar-refractivity contribution in [2.45, 2.75) is 13.3 Å². The van der Waals surface area contributed by atoms with E-state index < -0.39 is 29.9 Å². The number of rotatable bonds is 5. The molecule has 0 spiro atoms. The molecular weight excluding hydrogens is 192 g/mol. The van der Waals surface area contributed by atoms with Gasteiger partial charge in [-0.1, -0.05) is 0 Å². The molecule has 0 rings (SSSR count). The molecule has 0 aromatic carbocycles. The fourth-order valence-electron chi connectivity index (χ4n) is 0.692. The Morgan fingerprint density at radius 2 is 1.86 bits per heavy atom. The Morgan fingerprint density at radius 3 is 2.21 bits per heavy atom. The van der Waals surface area contributed by atoms with Crippen LogP contribution in [-0.2, 0) is 19.1 Å². The van der Waals surface area contributed by atoms with Gasteiger partial charge in [-0.05, 0) is 18.6 Å². The summed E-state index contributed by atoms with van der Waals surface area (Å²) in [5, 5.41) is 20.3. The first-order valence-electron chi connectivity index (χ1n) is 3.75. The van der Waals surface area contributed by atoms with Crippen LogP contribution in [0, 0.1) is 0 Å². The van der Waals surface area contributed by atoms with E-state index >= 15 is 0 Å². The number of carboxylic acids is 2. The van der Waals surface area contributed by atoms with E-state index in [1.807, 2.05) is 0 Å². The van der Waals surface area contributed by atoms with Crippen LogP contribution in [0.15, 0.2) is 11.6 Å². The predicted octanol–water partition coefficient (Wildman–Crippen LogP) is -2.63. The van der Waals surface area contributed by atoms with Crippen LogP contribution < -0.4 is 10.2 Å². The molecule has 0 aromatic rings. The number of carbonyl (C=O) groups is 3. The quantitative estimate of drug-likeness (QED) is 0.355. The van der Waals surface area contributed by atoms with Gasteiger partial charge in [-0.3, -0.25) is 4.79 Å². The number of hydrogen-bond acceptors (Lipinski definition) is 6. The second-order valence-electron chi connectivity index (χ2n) is 2.26. The molecule has 0 atom stereocenters. The van der Waals surface area contributed by atoms with E-state index in [4.69, 9.17) is 0 Å². The predicted molar refractivity (Wildman–Crippen MR) is 39.3 cm³/mol. The number of aliphatic carboxylic acids is 2. The molecule has 0 unspecified atom stereocenters. The van der Waals surface area contributed by atoms with Gasteiger partial charge < -0.3 is 24.5 Å². The van der Waals surface area contributed by atoms with Crippen molar-refractivity contribution in [2.75, 3.05) is 6.61 Å². The monoisotopic (exact) mass is 200 g/mol. The summed E-state index contributed by atoms with van der Waals surface area (Å²) in [6.07, 6.45) is -0.351. The van der Waals surface area contributed by atoms with Crippen molar-refractivity contribution in [3.63, 3.8) is 0 Å². The van der Waals surface area contributed by atoms with Crippen LogP contribution in [0.5, 0.6) is 0 Å². The second-order valence-corrected chi connectivity index (χ2v) is 2.26. The maximum atomic E-state index is 10.8. The first kappa shape index (κ1) is 12.2. The van der Waals surface area contributed by atoms with Crippen molar-refractivity contribution in [1.82, 2.24) is 0 Å². The van der Waals surface area contributed by atoms with E-state index in [1.54, 1.807) is 6.92 Å². The Hall–Kier alpha value is -1.85. The van der Waals surface area contributed by atoms with Gasteiger partial charge in [-0.15, -0.1) is 0 Å². The minimum absolute atomic E-state index is 0.0878. The first-order chi connectivity index (χ1) is 6.47. The molecule has 6 heteroatoms. The largest absolute Gasteiger partial charge is 0.545 e. The molecule has 0 bridgehead atoms. The molecule has 0 N–H and O–H groups in total. The van der Waals surface area contributed by atoms with E-state index in [0.717, 1.165) is 0 Å². The van der Waals surface area contributed by atoms with Gasteiger partial charge in [-0.2, -0.15) is 0 Å². The summed E-state index contributed by atoms with van der Waals surface area (Å²) in [5.41, 5.74) is -0.677. The Morgan fingerprint density at radius 1 is 1.29 bits per heavy atom. The van der Waals surface area contributed by atoms with E-state index in [2.05, 4.69) is 4.74 Å². The van der Waals surface area contributed by atoms with Crippen LogP contribution in [-0.4, -0.2) is 24.5 Å². The normalized spacial score (nSPS) is 10.8. The molecule has 0 heterocycles. The molecule has 0 aliphatic rings. The van der Waals surface area contributed by atoms with Crippen LogP contribution >= 0.6 is 0 Å². The molecule has 0 aliphatic carbocycles. The number of esters is 1. The lowest BCUT2D eigenvalue weighted by Gasteiger charge is -2.08. The summed E-state index contributed by atoms with van der Waals surface area (Å²) in [6.45, 7) is 1.63. The molecule has 14 heavy (non-hydrogen) atoms. The van der Waals surface area contributed by atoms with Crippen LogP contribution in [0.4, 0.5) is 0 Å². The topological polar surface area (TPSA) is 107 Å². The van der Waals surface area contributed by atoms with Crippen LogP contribution in [0.25, 0.3) is 0 Å². The number of carbonyl (C=O) groups excluding carboxylic acids is 3. The average Bonchev–Trinajstić information content (AvgIpc) is 2.02. The van der Waals surface area contributed by atoms with Gasteiger partial charge in [0.15, 0.2) is 0 Å². The molecule has 0 amide bonds. The van der Waals surface area contributed by atoms with Crippen molar-refractivity contribution in [3.05, 3.63) is 11.6 Å². The standard InChI is InChI=1S/C8H10O6/c1-2-14-7(11)4-5(8(12)13)3-6(9)10/h3H,2,4H2,1H3,(H,9,10)(H,12,13)/p-2. The minimum Gasteiger partial charge on any atom is -0.545 e. The third-order valence-electron chi connectivity index (χ3n) is 1.19. The highest BCUT2D eigenvalue weighted by Gasteiger charge is 2.07. The van der Waals surface area contributed by atoms with Crippen molar-refractivity contribution < 1.29 is 29.3 Å². The van der Waals surface area contributed by atoms with Crippen LogP contribution in [0.1, 0.15) is 13.3 Å². The molecule has 0 fully saturated rings. The number of carboxylic acid groups (broad SMARTS) is 2. The summed E-state index contributed by atoms with van der Waals surface area (Å²) < 4.78 is 4.42. The third kappa shape index (κ3) is 4.91. The van der Waals surface area contributed by atoms with Gasteiger partial charge in [0.25, 0.3) is 0 Å². The summed E-state index contributed by atoms with van der Waals surface area (Å²) >= 11 is 0. The molecular formula is C8H8O6-2. The Labute approximate surface area is 79.8 Å². The third-order valence-corrected chi connectivity index (χ3v) is 1.19. The molecule has 0 aliphatic heterocycles. The summed E-state index contributed by atoms with van der Waals surface area (Å²) in [6, 6.07) is 0. The van der Waals surface area contributed by atoms with Gasteiger partial charge in [0.1, 0.15) is 0 Å². The summed E-state index contributed by atoms with van der Waals surface area (Å²) in [4.78, 5) is 31.1. The lowest BCUT2D eigenvalue weighted by Crippen LogP contribution is -2.29. The van der Waals surface area contributed by atoms with Gasteiger partial charge in [0, 0.05) is 0 Å². The lowest BCUT2D eigenvalue weighted by molar-refractivity contribution is -0.303. The number of hydrogen-bond donors (Lipinski definition) is 0. The fourth-order valence-corrected chi connectivity index (χ4v) is 0.692. The fraction of sp³-hybridized carbons (Fsp3) is 0.375. The Bertz CT molecular complexity index is 278. The highest BCUT2D eigenvalue weighted by atomic mass is 16.5. The molecule has 78 valence electrons. The second kappa shape index (κ2) is 5.74. The highest BCUT2D eigenvalue weighted by molar-refractivity contribution is 5.96. The van der Waals surface area contributed by atoms with Crippen molar-refractivity contribution in [1.29, 1.82) is 0 Å². The van der Waals surface area contributed by atoms with E-state index in [9.17, 15) is 24.6 Å². The average molecular weight is 200 g/mol. The lowest BCUT2D eigenvalue weighted by atomic mass is 10.2. The van der Waals surface area contributed by atoms with E-state index in [1.165, 1.54) is 0 Å². The van der Waals surface area contributed by atoms with Gasteiger partial charge in [-0.25, -0.2) is 0 Å². The van der Waals surface area contributed by atoms with Crippen molar-refractivity contribution in [2.24, 2.45) is 0 Å². The molecule has 0 radical (unpaired) electrons. The van der Waals surface area contributed by atoms with Crippen molar-refractivity contribution >= 4 is 17.9 Å². The highest BCUT2D eigenvalue weighted by Crippen LogP contribution is 2.01. The molecule has 0 saturated carbocycles. The summed E-state index contributed by atoms with van der Waals surface area (Å²) in [7, 11) is 0. The van der Waals surface area contributed by atoms with Gasteiger partial charge in [0.2, 0.25) is 0 Å². The summed E-state index contributed by atoms with van der Waals surface area (Å²) in [5.74, 6) is -4.26. The minimum atomic E-state index is -1.73. The molecule has 6 nitrogen and oxygen atoms in total. The van der Waals surface area contributed by atoms with E-state index in [0.29, 0.717) is 6.08 Å². The Kier molecular flexibility index (Phi) is 4.98. The van der Waals surface area contributed by atoms with E-state index in [-0.39, 0.29) is 6.61 Å². The maximum absolute atomic E-state index is 10.8. The number of ether oxygens (including phenoxy) is 1. The zero-order valence-electron chi connectivity index (χ0n) is 7.44. The van der Waals surface area contributed by atoms with Crippen LogP contribution in [0.3, 0.4) is 0 Å². The van der Waals surface area contributed by atoms with Crippen molar-refractivity contribution in [3.8, 4) is 0 Å². The Balaban J connectivity index is 4.47. The molecule has 0 saturated heterocycles.